The highest BCUT2D eigenvalue weighted by atomic mass is 16.6. The molecule has 2 aromatic rings. The Kier molecular flexibility index (Phi) is 7.16. The van der Waals surface area contributed by atoms with Crippen LogP contribution in [0.2, 0.25) is 0 Å². The number of hydrogen-bond donors (Lipinski definition) is 2. The van der Waals surface area contributed by atoms with Gasteiger partial charge in [0.1, 0.15) is 18.1 Å². The van der Waals surface area contributed by atoms with Gasteiger partial charge in [-0.2, -0.15) is 0 Å². The smallest absolute Gasteiger partial charge is 0.293 e. The van der Waals surface area contributed by atoms with Crippen LogP contribution >= 0.6 is 0 Å². The number of furan rings is 1. The summed E-state index contributed by atoms with van der Waals surface area (Å²) >= 11 is 0. The molecule has 1 aromatic carbocycles. The summed E-state index contributed by atoms with van der Waals surface area (Å²) in [5.74, 6) is 0.421. The standard InChI is InChI=1S/C18H23N3O5/c1-13(2)20-18(22)14-6-7-16(17(11-14)21(23)24)19-8-4-9-25-12-15-5-3-10-26-15/h3,5-7,10-11,13,19H,4,8-9,12H2,1-2H3,(H,20,22). The van der Waals surface area contributed by atoms with Gasteiger partial charge in [0.15, 0.2) is 0 Å². The number of nitrogens with one attached hydrogen (secondary N) is 2. The van der Waals surface area contributed by atoms with E-state index in [1.54, 1.807) is 24.5 Å². The number of hydrogen-bond acceptors (Lipinski definition) is 6. The van der Waals surface area contributed by atoms with E-state index in [-0.39, 0.29) is 23.2 Å². The van der Waals surface area contributed by atoms with E-state index in [0.29, 0.717) is 31.9 Å². The maximum atomic E-state index is 12.0. The van der Waals surface area contributed by atoms with Gasteiger partial charge in [-0.25, -0.2) is 0 Å². The average Bonchev–Trinajstić information content (AvgIpc) is 3.10. The van der Waals surface area contributed by atoms with Crippen molar-refractivity contribution in [3.05, 3.63) is 58.0 Å². The minimum atomic E-state index is -0.498. The fourth-order valence-electron chi connectivity index (χ4n) is 2.28. The summed E-state index contributed by atoms with van der Waals surface area (Å²) in [4.78, 5) is 22.8. The SMILES string of the molecule is CC(C)NC(=O)c1ccc(NCCCOCc2ccco2)c([N+](=O)[O-])c1. The number of nitro groups is 1. The van der Waals surface area contributed by atoms with Crippen molar-refractivity contribution >= 4 is 17.3 Å². The van der Waals surface area contributed by atoms with Crippen molar-refractivity contribution < 1.29 is 18.9 Å². The summed E-state index contributed by atoms with van der Waals surface area (Å²) in [6.45, 7) is 5.06. The molecule has 0 spiro atoms. The zero-order chi connectivity index (χ0) is 18.9. The van der Waals surface area contributed by atoms with E-state index in [4.69, 9.17) is 9.15 Å². The molecule has 1 aromatic heterocycles. The molecule has 0 aliphatic heterocycles. The van der Waals surface area contributed by atoms with Crippen LogP contribution in [0.25, 0.3) is 0 Å². The topological polar surface area (TPSA) is 107 Å². The number of nitro benzene ring substituents is 1. The first-order valence-electron chi connectivity index (χ1n) is 8.40. The Morgan fingerprint density at radius 2 is 2.15 bits per heavy atom. The second kappa shape index (κ2) is 9.57. The van der Waals surface area contributed by atoms with E-state index < -0.39 is 4.92 Å². The first kappa shape index (κ1) is 19.5. The lowest BCUT2D eigenvalue weighted by atomic mass is 10.1. The average molecular weight is 361 g/mol. The Balaban J connectivity index is 1.85. The lowest BCUT2D eigenvalue weighted by molar-refractivity contribution is -0.384. The van der Waals surface area contributed by atoms with Gasteiger partial charge in [0.05, 0.1) is 11.2 Å². The number of carbonyl (C=O) groups excluding carboxylic acids is 1. The molecule has 0 radical (unpaired) electrons. The fourth-order valence-corrected chi connectivity index (χ4v) is 2.28. The van der Waals surface area contributed by atoms with E-state index in [0.717, 1.165) is 5.76 Å². The van der Waals surface area contributed by atoms with E-state index in [2.05, 4.69) is 10.6 Å². The van der Waals surface area contributed by atoms with Crippen LogP contribution in [0.4, 0.5) is 11.4 Å². The number of rotatable bonds is 10. The molecular weight excluding hydrogens is 338 g/mol. The van der Waals surface area contributed by atoms with Gasteiger partial charge < -0.3 is 19.8 Å². The molecule has 8 nitrogen and oxygen atoms in total. The highest BCUT2D eigenvalue weighted by Gasteiger charge is 2.17. The van der Waals surface area contributed by atoms with Crippen molar-refractivity contribution in [2.75, 3.05) is 18.5 Å². The lowest BCUT2D eigenvalue weighted by Crippen LogP contribution is -2.30. The minimum Gasteiger partial charge on any atom is -0.467 e. The number of amides is 1. The number of carbonyl (C=O) groups is 1. The van der Waals surface area contributed by atoms with Crippen molar-refractivity contribution in [2.24, 2.45) is 0 Å². The third-order valence-corrected chi connectivity index (χ3v) is 3.48. The molecule has 0 saturated heterocycles. The highest BCUT2D eigenvalue weighted by molar-refractivity contribution is 5.95. The van der Waals surface area contributed by atoms with Crippen LogP contribution in [0.3, 0.4) is 0 Å². The Bertz CT molecular complexity index is 728. The van der Waals surface area contributed by atoms with Crippen molar-refractivity contribution in [1.29, 1.82) is 0 Å². The van der Waals surface area contributed by atoms with Crippen molar-refractivity contribution in [2.45, 2.75) is 32.9 Å². The maximum absolute atomic E-state index is 12.0. The summed E-state index contributed by atoms with van der Waals surface area (Å²) < 4.78 is 10.6. The normalized spacial score (nSPS) is 10.7. The molecule has 26 heavy (non-hydrogen) atoms. The number of anilines is 1. The van der Waals surface area contributed by atoms with Crippen molar-refractivity contribution in [3.8, 4) is 0 Å². The van der Waals surface area contributed by atoms with Gasteiger partial charge in [-0.15, -0.1) is 0 Å². The van der Waals surface area contributed by atoms with E-state index in [1.807, 2.05) is 19.9 Å². The third kappa shape index (κ3) is 5.89. The van der Waals surface area contributed by atoms with E-state index in [1.165, 1.54) is 6.07 Å². The van der Waals surface area contributed by atoms with Gasteiger partial charge in [-0.3, -0.25) is 14.9 Å². The predicted molar refractivity (Wildman–Crippen MR) is 97.2 cm³/mol. The largest absolute Gasteiger partial charge is 0.467 e. The molecule has 0 atom stereocenters. The summed E-state index contributed by atoms with van der Waals surface area (Å²) in [7, 11) is 0. The molecule has 2 N–H and O–H groups in total. The summed E-state index contributed by atoms with van der Waals surface area (Å²) in [5, 5.41) is 17.0. The van der Waals surface area contributed by atoms with Crippen molar-refractivity contribution in [3.63, 3.8) is 0 Å². The van der Waals surface area contributed by atoms with Crippen LogP contribution in [0.1, 0.15) is 36.4 Å². The molecule has 0 saturated carbocycles. The summed E-state index contributed by atoms with van der Waals surface area (Å²) in [6, 6.07) is 7.99. The number of benzene rings is 1. The van der Waals surface area contributed by atoms with E-state index in [9.17, 15) is 14.9 Å². The minimum absolute atomic E-state index is 0.0412. The van der Waals surface area contributed by atoms with Crippen molar-refractivity contribution in [1.82, 2.24) is 5.32 Å². The van der Waals surface area contributed by atoms with Gasteiger partial charge in [-0.1, -0.05) is 0 Å². The number of ether oxygens (including phenoxy) is 1. The maximum Gasteiger partial charge on any atom is 0.293 e. The molecular formula is C18H23N3O5. The Morgan fingerprint density at radius 3 is 2.81 bits per heavy atom. The molecule has 8 heteroatoms. The second-order valence-corrected chi connectivity index (χ2v) is 6.03. The lowest BCUT2D eigenvalue weighted by Gasteiger charge is -2.11. The van der Waals surface area contributed by atoms with Crippen LogP contribution in [0.5, 0.6) is 0 Å². The Hall–Kier alpha value is -2.87. The molecule has 0 aliphatic carbocycles. The molecule has 1 heterocycles. The molecule has 0 unspecified atom stereocenters. The quantitative estimate of drug-likeness (QED) is 0.382. The second-order valence-electron chi connectivity index (χ2n) is 6.03. The third-order valence-electron chi connectivity index (χ3n) is 3.48. The molecule has 2 rings (SSSR count). The zero-order valence-electron chi connectivity index (χ0n) is 14.9. The summed E-state index contributed by atoms with van der Waals surface area (Å²) in [6.07, 6.45) is 2.26. The Morgan fingerprint density at radius 1 is 1.35 bits per heavy atom. The van der Waals surface area contributed by atoms with Crippen LogP contribution in [-0.2, 0) is 11.3 Å². The van der Waals surface area contributed by atoms with E-state index >= 15 is 0 Å². The molecule has 0 bridgehead atoms. The van der Waals surface area contributed by atoms with Gasteiger partial charge in [0.25, 0.3) is 11.6 Å². The zero-order valence-corrected chi connectivity index (χ0v) is 14.9. The van der Waals surface area contributed by atoms with Gasteiger partial charge in [0, 0.05) is 30.8 Å². The van der Waals surface area contributed by atoms with Gasteiger partial charge >= 0.3 is 0 Å². The van der Waals surface area contributed by atoms with Crippen LogP contribution in [0.15, 0.2) is 41.0 Å². The first-order valence-corrected chi connectivity index (χ1v) is 8.40. The number of nitrogens with zero attached hydrogens (tertiary/aromatic N) is 1. The van der Waals surface area contributed by atoms with Gasteiger partial charge in [0.2, 0.25) is 0 Å². The summed E-state index contributed by atoms with van der Waals surface area (Å²) in [5.41, 5.74) is 0.512. The Labute approximate surface area is 151 Å². The highest BCUT2D eigenvalue weighted by Crippen LogP contribution is 2.25. The molecule has 1 amide bonds. The van der Waals surface area contributed by atoms with Gasteiger partial charge in [-0.05, 0) is 44.5 Å². The van der Waals surface area contributed by atoms with Crippen LogP contribution in [0, 0.1) is 10.1 Å². The fraction of sp³-hybridized carbons (Fsp3) is 0.389. The molecule has 140 valence electrons. The first-order chi connectivity index (χ1) is 12.5. The van der Waals surface area contributed by atoms with Crippen LogP contribution in [-0.4, -0.2) is 30.0 Å². The monoisotopic (exact) mass is 361 g/mol. The molecule has 0 aliphatic rings. The predicted octanol–water partition coefficient (Wildman–Crippen LogP) is 3.34. The molecule has 0 fully saturated rings. The van der Waals surface area contributed by atoms with Crippen LogP contribution < -0.4 is 10.6 Å².